The number of sulfonamides is 1. The van der Waals surface area contributed by atoms with E-state index in [0.29, 0.717) is 61.8 Å². The quantitative estimate of drug-likeness (QED) is 0.406. The van der Waals surface area contributed by atoms with E-state index in [4.69, 9.17) is 18.6 Å². The van der Waals surface area contributed by atoms with Gasteiger partial charge in [0, 0.05) is 49.5 Å². The van der Waals surface area contributed by atoms with Crippen molar-refractivity contribution < 1.29 is 31.8 Å². The molecule has 208 valence electrons. The van der Waals surface area contributed by atoms with Gasteiger partial charge in [0.05, 0.1) is 18.1 Å². The van der Waals surface area contributed by atoms with Crippen molar-refractivity contribution in [3.05, 3.63) is 18.2 Å². The Morgan fingerprint density at radius 2 is 2.03 bits per heavy atom. The van der Waals surface area contributed by atoms with Crippen LogP contribution in [0.25, 0.3) is 11.1 Å². The van der Waals surface area contributed by atoms with Crippen molar-refractivity contribution in [2.24, 2.45) is 23.7 Å². The Bertz CT molecular complexity index is 1280. The number of benzene rings is 1. The SMILES string of the molecule is CC(C)CN(CCCNC(=O)OC1C2COC3OCC1C3C2)S(=O)(=O)c1ccc2nc(NC3CC3)oc2c1. The van der Waals surface area contributed by atoms with Gasteiger partial charge < -0.3 is 29.3 Å². The van der Waals surface area contributed by atoms with E-state index in [2.05, 4.69) is 15.6 Å². The number of amides is 1. The number of oxazole rings is 1. The Kier molecular flexibility index (Phi) is 7.00. The van der Waals surface area contributed by atoms with E-state index in [0.717, 1.165) is 19.3 Å². The molecular formula is C26H36N4O7S. The maximum absolute atomic E-state index is 13.6. The highest BCUT2D eigenvalue weighted by Crippen LogP contribution is 2.49. The molecule has 1 aromatic carbocycles. The van der Waals surface area contributed by atoms with Gasteiger partial charge in [-0.1, -0.05) is 13.8 Å². The number of ether oxygens (including phenoxy) is 3. The zero-order valence-corrected chi connectivity index (χ0v) is 22.6. The standard InChI is InChI=1S/C26H36N4O7S/c1-15(2)12-30(38(32,33)18-6-7-21-22(11-18)36-25(29-21)28-17-4-5-17)9-3-8-27-26(31)37-23-16-10-19-20(23)14-35-24(19)34-13-16/h6-7,11,15-17,19-20,23-24H,3-5,8-10,12-14H2,1-2H3,(H,27,31)(H,28,29). The van der Waals surface area contributed by atoms with E-state index in [9.17, 15) is 13.2 Å². The molecule has 2 N–H and O–H groups in total. The average molecular weight is 549 g/mol. The van der Waals surface area contributed by atoms with Gasteiger partial charge in [-0.05, 0) is 43.7 Å². The topological polar surface area (TPSA) is 132 Å². The number of hydrogen-bond acceptors (Lipinski definition) is 9. The van der Waals surface area contributed by atoms with Gasteiger partial charge in [-0.25, -0.2) is 13.2 Å². The van der Waals surface area contributed by atoms with E-state index >= 15 is 0 Å². The number of nitrogens with one attached hydrogen (secondary N) is 2. The van der Waals surface area contributed by atoms with Crippen LogP contribution in [0.3, 0.4) is 0 Å². The molecule has 4 aliphatic rings. The highest BCUT2D eigenvalue weighted by Gasteiger charge is 2.56. The van der Waals surface area contributed by atoms with Crippen molar-refractivity contribution in [1.29, 1.82) is 0 Å². The van der Waals surface area contributed by atoms with Crippen LogP contribution in [0, 0.1) is 23.7 Å². The van der Waals surface area contributed by atoms with Crippen molar-refractivity contribution in [3.8, 4) is 0 Å². The predicted molar refractivity (Wildman–Crippen MR) is 138 cm³/mol. The maximum Gasteiger partial charge on any atom is 0.407 e. The number of fused-ring (bicyclic) bond motifs is 2. The first-order valence-electron chi connectivity index (χ1n) is 13.6. The Hall–Kier alpha value is -2.41. The average Bonchev–Trinajstić information content (AvgIpc) is 3.34. The lowest BCUT2D eigenvalue weighted by Gasteiger charge is -2.27. The molecule has 2 saturated heterocycles. The van der Waals surface area contributed by atoms with Gasteiger partial charge in [-0.15, -0.1) is 0 Å². The Balaban J connectivity index is 1.05. The summed E-state index contributed by atoms with van der Waals surface area (Å²) in [6.45, 7) is 6.01. The highest BCUT2D eigenvalue weighted by molar-refractivity contribution is 7.89. The second-order valence-electron chi connectivity index (χ2n) is 11.3. The number of nitrogens with zero attached hydrogens (tertiary/aromatic N) is 2. The van der Waals surface area contributed by atoms with Crippen LogP contribution in [0.5, 0.6) is 0 Å². The normalized spacial score (nSPS) is 28.4. The molecule has 0 radical (unpaired) electrons. The van der Waals surface area contributed by atoms with Gasteiger partial charge in [-0.3, -0.25) is 0 Å². The Labute approximate surface area is 222 Å². The predicted octanol–water partition coefficient (Wildman–Crippen LogP) is 3.17. The molecule has 3 heterocycles. The lowest BCUT2D eigenvalue weighted by atomic mass is 9.98. The van der Waals surface area contributed by atoms with Gasteiger partial charge in [0.2, 0.25) is 10.0 Å². The molecule has 6 rings (SSSR count). The number of carbonyl (C=O) groups is 1. The summed E-state index contributed by atoms with van der Waals surface area (Å²) in [5, 5.41) is 6.00. The lowest BCUT2D eigenvalue weighted by molar-refractivity contribution is -0.169. The van der Waals surface area contributed by atoms with Crippen LogP contribution in [0.15, 0.2) is 27.5 Å². The third kappa shape index (κ3) is 5.23. The molecule has 38 heavy (non-hydrogen) atoms. The minimum Gasteiger partial charge on any atom is -0.445 e. The molecule has 1 aromatic heterocycles. The largest absolute Gasteiger partial charge is 0.445 e. The van der Waals surface area contributed by atoms with Crippen molar-refractivity contribution in [3.63, 3.8) is 0 Å². The summed E-state index contributed by atoms with van der Waals surface area (Å²) in [6, 6.07) is 5.59. The molecule has 11 nitrogen and oxygen atoms in total. The Morgan fingerprint density at radius 3 is 2.82 bits per heavy atom. The summed E-state index contributed by atoms with van der Waals surface area (Å²) in [7, 11) is -3.77. The highest BCUT2D eigenvalue weighted by atomic mass is 32.2. The number of carbonyl (C=O) groups excluding carboxylic acids is 1. The second-order valence-corrected chi connectivity index (χ2v) is 13.3. The van der Waals surface area contributed by atoms with Crippen molar-refractivity contribution in [2.45, 2.75) is 62.9 Å². The summed E-state index contributed by atoms with van der Waals surface area (Å²) >= 11 is 0. The number of anilines is 1. The molecule has 2 aromatic rings. The third-order valence-electron chi connectivity index (χ3n) is 7.86. The van der Waals surface area contributed by atoms with Gasteiger partial charge in [0.15, 0.2) is 11.9 Å². The molecule has 5 atom stereocenters. The zero-order valence-electron chi connectivity index (χ0n) is 21.8. The summed E-state index contributed by atoms with van der Waals surface area (Å²) in [5.41, 5.74) is 1.05. The molecule has 12 heteroatoms. The van der Waals surface area contributed by atoms with Crippen LogP contribution in [-0.4, -0.2) is 75.1 Å². The first kappa shape index (κ1) is 25.8. The second kappa shape index (κ2) is 10.3. The number of rotatable bonds is 11. The molecule has 2 saturated carbocycles. The van der Waals surface area contributed by atoms with E-state index in [-0.39, 0.29) is 41.6 Å². The molecular weight excluding hydrogens is 512 g/mol. The lowest BCUT2D eigenvalue weighted by Crippen LogP contribution is -2.39. The van der Waals surface area contributed by atoms with Crippen LogP contribution in [-0.2, 0) is 24.2 Å². The number of alkyl carbamates (subject to hydrolysis) is 1. The first-order chi connectivity index (χ1) is 18.3. The first-order valence-corrected chi connectivity index (χ1v) is 15.1. The molecule has 1 amide bonds. The summed E-state index contributed by atoms with van der Waals surface area (Å²) in [6.07, 6.45) is 2.76. The monoisotopic (exact) mass is 548 g/mol. The van der Waals surface area contributed by atoms with Crippen molar-refractivity contribution >= 4 is 33.2 Å². The minimum absolute atomic E-state index is 0.132. The summed E-state index contributed by atoms with van der Waals surface area (Å²) in [5.74, 6) is 0.836. The molecule has 2 aliphatic carbocycles. The van der Waals surface area contributed by atoms with Crippen LogP contribution < -0.4 is 10.6 Å². The molecule has 2 aliphatic heterocycles. The van der Waals surface area contributed by atoms with Crippen LogP contribution >= 0.6 is 0 Å². The van der Waals surface area contributed by atoms with E-state index in [1.165, 1.54) is 10.4 Å². The fourth-order valence-corrected chi connectivity index (χ4v) is 7.51. The fraction of sp³-hybridized carbons (Fsp3) is 0.692. The van der Waals surface area contributed by atoms with Gasteiger partial charge in [0.1, 0.15) is 11.6 Å². The number of hydrogen-bond donors (Lipinski definition) is 2. The van der Waals surface area contributed by atoms with Crippen molar-refractivity contribution in [1.82, 2.24) is 14.6 Å². The van der Waals surface area contributed by atoms with Crippen LogP contribution in [0.2, 0.25) is 0 Å². The van der Waals surface area contributed by atoms with Gasteiger partial charge in [0.25, 0.3) is 6.01 Å². The van der Waals surface area contributed by atoms with E-state index < -0.39 is 16.1 Å². The number of aromatic nitrogens is 1. The molecule has 5 unspecified atom stereocenters. The minimum atomic E-state index is -3.77. The molecule has 2 bridgehead atoms. The van der Waals surface area contributed by atoms with E-state index in [1.807, 2.05) is 13.8 Å². The summed E-state index contributed by atoms with van der Waals surface area (Å²) in [4.78, 5) is 17.1. The maximum atomic E-state index is 13.6. The van der Waals surface area contributed by atoms with Crippen molar-refractivity contribution in [2.75, 3.05) is 38.2 Å². The molecule has 4 fully saturated rings. The van der Waals surface area contributed by atoms with Crippen LogP contribution in [0.4, 0.5) is 10.8 Å². The van der Waals surface area contributed by atoms with E-state index in [1.54, 1.807) is 12.1 Å². The van der Waals surface area contributed by atoms with Gasteiger partial charge in [-0.2, -0.15) is 9.29 Å². The smallest absolute Gasteiger partial charge is 0.407 e. The third-order valence-corrected chi connectivity index (χ3v) is 9.72. The fourth-order valence-electron chi connectivity index (χ4n) is 5.86. The van der Waals surface area contributed by atoms with Gasteiger partial charge >= 0.3 is 6.09 Å². The molecule has 0 spiro atoms. The van der Waals surface area contributed by atoms with Crippen LogP contribution in [0.1, 0.15) is 39.5 Å². The summed E-state index contributed by atoms with van der Waals surface area (Å²) < 4.78 is 51.5. The Morgan fingerprint density at radius 1 is 1.21 bits per heavy atom. The zero-order chi connectivity index (χ0) is 26.4.